The van der Waals surface area contributed by atoms with E-state index in [1.54, 1.807) is 18.6 Å². The number of aromatic nitrogens is 2. The fourth-order valence-corrected chi connectivity index (χ4v) is 2.83. The lowest BCUT2D eigenvalue weighted by atomic mass is 9.95. The molecule has 0 fully saturated rings. The van der Waals surface area contributed by atoms with Crippen LogP contribution in [0.1, 0.15) is 30.4 Å². The molecule has 1 unspecified atom stereocenters. The molecule has 1 aromatic carbocycles. The molecule has 1 N–H and O–H groups in total. The molecule has 25 heavy (non-hydrogen) atoms. The quantitative estimate of drug-likeness (QED) is 0.744. The number of benzene rings is 1. The van der Waals surface area contributed by atoms with Gasteiger partial charge < -0.3 is 5.32 Å². The van der Waals surface area contributed by atoms with E-state index in [9.17, 15) is 4.79 Å². The first kappa shape index (κ1) is 16.8. The van der Waals surface area contributed by atoms with Crippen LogP contribution >= 0.6 is 0 Å². The monoisotopic (exact) mass is 331 g/mol. The summed E-state index contributed by atoms with van der Waals surface area (Å²) < 4.78 is 0. The molecule has 2 heterocycles. The molecule has 0 spiro atoms. The van der Waals surface area contributed by atoms with Crippen LogP contribution in [0.15, 0.2) is 73.2 Å². The summed E-state index contributed by atoms with van der Waals surface area (Å²) >= 11 is 0. The van der Waals surface area contributed by atoms with E-state index in [0.717, 1.165) is 28.8 Å². The van der Waals surface area contributed by atoms with Crippen LogP contribution in [-0.2, 0) is 11.3 Å². The number of amides is 1. The van der Waals surface area contributed by atoms with Gasteiger partial charge in [0.05, 0.1) is 11.6 Å². The van der Waals surface area contributed by atoms with Gasteiger partial charge in [-0.15, -0.1) is 0 Å². The molecule has 2 aromatic heterocycles. The number of hydrogen-bond acceptors (Lipinski definition) is 3. The fourth-order valence-electron chi connectivity index (χ4n) is 2.83. The third kappa shape index (κ3) is 4.29. The number of hydrogen-bond donors (Lipinski definition) is 1. The van der Waals surface area contributed by atoms with Crippen LogP contribution in [0, 0.1) is 0 Å². The Hall–Kier alpha value is -3.01. The molecule has 3 rings (SSSR count). The molecule has 0 bridgehead atoms. The van der Waals surface area contributed by atoms with Gasteiger partial charge >= 0.3 is 0 Å². The largest absolute Gasteiger partial charge is 0.351 e. The first-order valence-corrected chi connectivity index (χ1v) is 8.46. The Balaban J connectivity index is 1.68. The molecule has 1 amide bonds. The van der Waals surface area contributed by atoms with Gasteiger partial charge in [0.25, 0.3) is 0 Å². The summed E-state index contributed by atoms with van der Waals surface area (Å²) in [5.74, 6) is -0.0707. The van der Waals surface area contributed by atoms with Crippen molar-refractivity contribution in [2.45, 2.75) is 25.8 Å². The van der Waals surface area contributed by atoms with E-state index in [1.807, 2.05) is 61.5 Å². The van der Waals surface area contributed by atoms with E-state index in [4.69, 9.17) is 0 Å². The predicted molar refractivity (Wildman–Crippen MR) is 98.8 cm³/mol. The van der Waals surface area contributed by atoms with Crippen LogP contribution in [0.25, 0.3) is 11.3 Å². The van der Waals surface area contributed by atoms with Gasteiger partial charge in [-0.2, -0.15) is 0 Å². The Morgan fingerprint density at radius 3 is 2.52 bits per heavy atom. The van der Waals surface area contributed by atoms with Crippen LogP contribution in [0.2, 0.25) is 0 Å². The maximum Gasteiger partial charge on any atom is 0.227 e. The highest BCUT2D eigenvalue weighted by atomic mass is 16.1. The number of rotatable bonds is 6. The Morgan fingerprint density at radius 1 is 1.04 bits per heavy atom. The third-order valence-electron chi connectivity index (χ3n) is 4.19. The van der Waals surface area contributed by atoms with Gasteiger partial charge in [-0.1, -0.05) is 37.3 Å². The van der Waals surface area contributed by atoms with Crippen molar-refractivity contribution in [1.29, 1.82) is 0 Å². The number of carbonyl (C=O) groups excluding carboxylic acids is 1. The molecule has 0 aliphatic rings. The number of pyridine rings is 2. The zero-order valence-electron chi connectivity index (χ0n) is 14.2. The lowest BCUT2D eigenvalue weighted by Crippen LogP contribution is -2.28. The van der Waals surface area contributed by atoms with Gasteiger partial charge in [0.15, 0.2) is 0 Å². The maximum atomic E-state index is 12.6. The predicted octanol–water partition coefficient (Wildman–Crippen LogP) is 3.95. The second kappa shape index (κ2) is 8.20. The smallest absolute Gasteiger partial charge is 0.227 e. The molecular formula is C21H21N3O. The summed E-state index contributed by atoms with van der Waals surface area (Å²) in [5, 5.41) is 3.05. The van der Waals surface area contributed by atoms with Crippen LogP contribution in [0.5, 0.6) is 0 Å². The van der Waals surface area contributed by atoms with Gasteiger partial charge in [0, 0.05) is 30.7 Å². The SMILES string of the molecule is CCC(C(=O)NCc1ccnc(-c2ccncc2)c1)c1ccccc1. The Morgan fingerprint density at radius 2 is 1.80 bits per heavy atom. The first-order valence-electron chi connectivity index (χ1n) is 8.46. The lowest BCUT2D eigenvalue weighted by molar-refractivity contribution is -0.122. The van der Waals surface area contributed by atoms with Gasteiger partial charge in [-0.05, 0) is 41.8 Å². The Kier molecular flexibility index (Phi) is 5.52. The number of nitrogens with one attached hydrogen (secondary N) is 1. The average Bonchev–Trinajstić information content (AvgIpc) is 2.69. The summed E-state index contributed by atoms with van der Waals surface area (Å²) in [5.41, 5.74) is 3.97. The maximum absolute atomic E-state index is 12.6. The van der Waals surface area contributed by atoms with Crippen molar-refractivity contribution >= 4 is 5.91 Å². The van der Waals surface area contributed by atoms with E-state index < -0.39 is 0 Å². The second-order valence-electron chi connectivity index (χ2n) is 5.87. The molecule has 0 saturated heterocycles. The van der Waals surface area contributed by atoms with Gasteiger partial charge in [-0.3, -0.25) is 14.8 Å². The highest BCUT2D eigenvalue weighted by molar-refractivity contribution is 5.83. The van der Waals surface area contributed by atoms with Crippen molar-refractivity contribution in [3.05, 3.63) is 84.3 Å². The minimum Gasteiger partial charge on any atom is -0.351 e. The molecule has 0 radical (unpaired) electrons. The Bertz CT molecular complexity index is 819. The van der Waals surface area contributed by atoms with E-state index in [1.165, 1.54) is 0 Å². The minimum atomic E-state index is -0.122. The highest BCUT2D eigenvalue weighted by Gasteiger charge is 2.17. The topological polar surface area (TPSA) is 54.9 Å². The van der Waals surface area contributed by atoms with Gasteiger partial charge in [0.1, 0.15) is 0 Å². The van der Waals surface area contributed by atoms with Crippen LogP contribution in [-0.4, -0.2) is 15.9 Å². The van der Waals surface area contributed by atoms with E-state index in [2.05, 4.69) is 15.3 Å². The fraction of sp³-hybridized carbons (Fsp3) is 0.190. The van der Waals surface area contributed by atoms with Crippen molar-refractivity contribution in [3.63, 3.8) is 0 Å². The molecule has 126 valence electrons. The normalized spacial score (nSPS) is 11.7. The summed E-state index contributed by atoms with van der Waals surface area (Å²) in [6.07, 6.45) is 6.04. The van der Waals surface area contributed by atoms with Crippen LogP contribution in [0.4, 0.5) is 0 Å². The lowest BCUT2D eigenvalue weighted by Gasteiger charge is -2.15. The van der Waals surface area contributed by atoms with Crippen LogP contribution in [0.3, 0.4) is 0 Å². The van der Waals surface area contributed by atoms with E-state index in [-0.39, 0.29) is 11.8 Å². The molecule has 3 aromatic rings. The van der Waals surface area contributed by atoms with Crippen molar-refractivity contribution < 1.29 is 4.79 Å². The average molecular weight is 331 g/mol. The van der Waals surface area contributed by atoms with Crippen molar-refractivity contribution in [2.24, 2.45) is 0 Å². The molecule has 0 aliphatic carbocycles. The van der Waals surface area contributed by atoms with Gasteiger partial charge in [0.2, 0.25) is 5.91 Å². The molecule has 0 saturated carbocycles. The van der Waals surface area contributed by atoms with Crippen molar-refractivity contribution in [2.75, 3.05) is 0 Å². The molecule has 4 nitrogen and oxygen atoms in total. The summed E-state index contributed by atoms with van der Waals surface area (Å²) in [6.45, 7) is 2.52. The van der Waals surface area contributed by atoms with Crippen molar-refractivity contribution in [1.82, 2.24) is 15.3 Å². The zero-order valence-corrected chi connectivity index (χ0v) is 14.2. The van der Waals surface area contributed by atoms with Crippen LogP contribution < -0.4 is 5.32 Å². The molecular weight excluding hydrogens is 310 g/mol. The summed E-state index contributed by atoms with van der Waals surface area (Å²) in [4.78, 5) is 21.0. The first-order chi connectivity index (χ1) is 12.3. The highest BCUT2D eigenvalue weighted by Crippen LogP contribution is 2.20. The standard InChI is InChI=1S/C21H21N3O/c1-2-19(17-6-4-3-5-7-17)21(25)24-15-16-8-13-23-20(14-16)18-9-11-22-12-10-18/h3-14,19H,2,15H2,1H3,(H,24,25). The molecule has 1 atom stereocenters. The minimum absolute atomic E-state index is 0.0518. The molecule has 4 heteroatoms. The second-order valence-corrected chi connectivity index (χ2v) is 5.87. The van der Waals surface area contributed by atoms with Gasteiger partial charge in [-0.25, -0.2) is 0 Å². The van der Waals surface area contributed by atoms with E-state index in [0.29, 0.717) is 6.54 Å². The molecule has 0 aliphatic heterocycles. The summed E-state index contributed by atoms with van der Waals surface area (Å²) in [7, 11) is 0. The number of carbonyl (C=O) groups is 1. The zero-order chi connectivity index (χ0) is 17.5. The third-order valence-corrected chi connectivity index (χ3v) is 4.19. The number of nitrogens with zero attached hydrogens (tertiary/aromatic N) is 2. The van der Waals surface area contributed by atoms with E-state index >= 15 is 0 Å². The summed E-state index contributed by atoms with van der Waals surface area (Å²) in [6, 6.07) is 17.7. The van der Waals surface area contributed by atoms with Crippen molar-refractivity contribution in [3.8, 4) is 11.3 Å². The Labute approximate surface area is 148 Å².